The molecule has 7 nitrogen and oxygen atoms in total. The summed E-state index contributed by atoms with van der Waals surface area (Å²) in [6, 6.07) is 0. The first kappa shape index (κ1) is 12.8. The highest BCUT2D eigenvalue weighted by Crippen LogP contribution is 2.21. The summed E-state index contributed by atoms with van der Waals surface area (Å²) in [6.45, 7) is -0.558. The Hall–Kier alpha value is -0.280. The van der Waals surface area contributed by atoms with Crippen LogP contribution in [0.5, 0.6) is 0 Å². The van der Waals surface area contributed by atoms with Crippen LogP contribution in [0.2, 0.25) is 0 Å². The van der Waals surface area contributed by atoms with Crippen LogP contribution in [0, 0.1) is 0 Å². The van der Waals surface area contributed by atoms with Crippen molar-refractivity contribution in [3.05, 3.63) is 0 Å². The zero-order chi connectivity index (χ0) is 11.6. The van der Waals surface area contributed by atoms with Crippen molar-refractivity contribution in [1.82, 2.24) is 0 Å². The van der Waals surface area contributed by atoms with Crippen molar-refractivity contribution >= 4 is 0 Å². The third kappa shape index (κ3) is 2.45. The lowest BCUT2D eigenvalue weighted by Gasteiger charge is -2.23. The second-order valence-corrected chi connectivity index (χ2v) is 3.42. The van der Waals surface area contributed by atoms with Crippen LogP contribution in [0.3, 0.4) is 0 Å². The molecule has 0 amide bonds. The molecule has 15 heavy (non-hydrogen) atoms. The molecule has 5 N–H and O–H groups in total. The van der Waals surface area contributed by atoms with Crippen molar-refractivity contribution in [2.45, 2.75) is 36.8 Å². The summed E-state index contributed by atoms with van der Waals surface area (Å²) >= 11 is 0. The number of hydrogen-bond donors (Lipinski definition) is 5. The first-order chi connectivity index (χ1) is 7.02. The van der Waals surface area contributed by atoms with Gasteiger partial charge in [-0.25, -0.2) is 0 Å². The van der Waals surface area contributed by atoms with Crippen LogP contribution < -0.4 is 0 Å². The first-order valence-electron chi connectivity index (χ1n) is 4.54. The van der Waals surface area contributed by atoms with Crippen LogP contribution in [-0.2, 0) is 9.47 Å². The molecule has 90 valence electrons. The molecule has 0 bridgehead atoms. The van der Waals surface area contributed by atoms with Gasteiger partial charge in [0.15, 0.2) is 6.29 Å². The molecule has 0 spiro atoms. The van der Waals surface area contributed by atoms with Gasteiger partial charge in [-0.05, 0) is 0 Å². The van der Waals surface area contributed by atoms with Gasteiger partial charge in [-0.1, -0.05) is 0 Å². The zero-order valence-corrected chi connectivity index (χ0v) is 8.22. The zero-order valence-electron chi connectivity index (χ0n) is 8.22. The van der Waals surface area contributed by atoms with Crippen LogP contribution in [0.1, 0.15) is 0 Å². The van der Waals surface area contributed by atoms with E-state index < -0.39 is 43.4 Å². The van der Waals surface area contributed by atoms with Gasteiger partial charge in [0.05, 0.1) is 6.61 Å². The Morgan fingerprint density at radius 3 is 2.00 bits per heavy atom. The molecule has 0 aromatic rings. The average molecular weight is 224 g/mol. The molecule has 1 fully saturated rings. The minimum atomic E-state index is -1.60. The smallest absolute Gasteiger partial charge is 0.186 e. The number of aliphatic hydroxyl groups excluding tert-OH is 5. The lowest BCUT2D eigenvalue weighted by molar-refractivity contribution is -0.221. The van der Waals surface area contributed by atoms with E-state index in [9.17, 15) is 20.4 Å². The van der Waals surface area contributed by atoms with E-state index in [2.05, 4.69) is 0 Å². The highest BCUT2D eigenvalue weighted by atomic mass is 16.7. The fraction of sp³-hybridized carbons (Fsp3) is 1.00. The van der Waals surface area contributed by atoms with Crippen molar-refractivity contribution in [2.24, 2.45) is 0 Å². The van der Waals surface area contributed by atoms with Gasteiger partial charge >= 0.3 is 0 Å². The van der Waals surface area contributed by atoms with Gasteiger partial charge in [0.1, 0.15) is 30.5 Å². The van der Waals surface area contributed by atoms with Crippen LogP contribution in [0.4, 0.5) is 0 Å². The molecule has 0 aliphatic carbocycles. The Kier molecular flexibility index (Phi) is 4.41. The van der Waals surface area contributed by atoms with Gasteiger partial charge in [0.2, 0.25) is 0 Å². The first-order valence-corrected chi connectivity index (χ1v) is 4.54. The van der Waals surface area contributed by atoms with Gasteiger partial charge in [-0.3, -0.25) is 0 Å². The summed E-state index contributed by atoms with van der Waals surface area (Å²) < 4.78 is 9.70. The van der Waals surface area contributed by atoms with Gasteiger partial charge in [0, 0.05) is 7.11 Å². The maximum absolute atomic E-state index is 9.47. The Bertz CT molecular complexity index is 170. The van der Waals surface area contributed by atoms with E-state index in [0.717, 1.165) is 0 Å². The van der Waals surface area contributed by atoms with E-state index in [4.69, 9.17) is 14.6 Å². The van der Waals surface area contributed by atoms with Gasteiger partial charge in [-0.2, -0.15) is 0 Å². The molecule has 0 aromatic carbocycles. The molecule has 1 aliphatic rings. The normalized spacial score (nSPS) is 47.6. The van der Waals surface area contributed by atoms with Crippen LogP contribution in [0.15, 0.2) is 0 Å². The topological polar surface area (TPSA) is 120 Å². The summed E-state index contributed by atoms with van der Waals surface area (Å²) in [7, 11) is 1.24. The largest absolute Gasteiger partial charge is 0.394 e. The Balaban J connectivity index is 2.85. The molecule has 0 aromatic heterocycles. The minimum Gasteiger partial charge on any atom is -0.394 e. The molecule has 0 radical (unpaired) electrons. The van der Waals surface area contributed by atoms with Crippen molar-refractivity contribution in [3.63, 3.8) is 0 Å². The SMILES string of the molecule is CO[C@@H]1O[C@@H](CO)[C@H](O)[C@H](O)[C@H](O)[C@H]1O. The number of aliphatic hydroxyl groups is 5. The van der Waals surface area contributed by atoms with E-state index in [1.807, 2.05) is 0 Å². The van der Waals surface area contributed by atoms with Crippen molar-refractivity contribution in [2.75, 3.05) is 13.7 Å². The van der Waals surface area contributed by atoms with Crippen molar-refractivity contribution in [1.29, 1.82) is 0 Å². The third-order valence-corrected chi connectivity index (χ3v) is 2.43. The fourth-order valence-electron chi connectivity index (χ4n) is 1.46. The van der Waals surface area contributed by atoms with Gasteiger partial charge < -0.3 is 35.0 Å². The summed E-state index contributed by atoms with van der Waals surface area (Å²) in [5, 5.41) is 46.6. The highest BCUT2D eigenvalue weighted by molar-refractivity contribution is 4.90. The Labute approximate surface area is 86.5 Å². The second-order valence-electron chi connectivity index (χ2n) is 3.42. The highest BCUT2D eigenvalue weighted by Gasteiger charge is 2.44. The van der Waals surface area contributed by atoms with E-state index >= 15 is 0 Å². The van der Waals surface area contributed by atoms with E-state index in [0.29, 0.717) is 0 Å². The van der Waals surface area contributed by atoms with E-state index in [1.165, 1.54) is 7.11 Å². The number of methoxy groups -OCH3 is 1. The standard InChI is InChI=1S/C8H16O7/c1-14-8-7(13)6(12)5(11)4(10)3(2-9)15-8/h3-13H,2H2,1H3/t3-,4-,5-,6-,7+,8+/m0/s1. The summed E-state index contributed by atoms with van der Waals surface area (Å²) in [5.41, 5.74) is 0. The van der Waals surface area contributed by atoms with Crippen LogP contribution in [-0.4, -0.2) is 76.1 Å². The van der Waals surface area contributed by atoms with Crippen LogP contribution in [0.25, 0.3) is 0 Å². The summed E-state index contributed by atoms with van der Waals surface area (Å²) in [4.78, 5) is 0. The molecule has 0 unspecified atom stereocenters. The van der Waals surface area contributed by atoms with E-state index in [-0.39, 0.29) is 0 Å². The van der Waals surface area contributed by atoms with Gasteiger partial charge in [0.25, 0.3) is 0 Å². The summed E-state index contributed by atoms with van der Waals surface area (Å²) in [5.74, 6) is 0. The third-order valence-electron chi connectivity index (χ3n) is 2.43. The molecule has 1 aliphatic heterocycles. The Morgan fingerprint density at radius 1 is 1.00 bits per heavy atom. The molecule has 1 rings (SSSR count). The predicted octanol–water partition coefficient (Wildman–Crippen LogP) is -3.21. The monoisotopic (exact) mass is 224 g/mol. The maximum Gasteiger partial charge on any atom is 0.186 e. The average Bonchev–Trinajstić information content (AvgIpc) is 2.33. The Morgan fingerprint density at radius 2 is 1.53 bits per heavy atom. The lowest BCUT2D eigenvalue weighted by Crippen LogP contribution is -2.47. The minimum absolute atomic E-state index is 0.558. The number of hydrogen-bond acceptors (Lipinski definition) is 7. The molecular weight excluding hydrogens is 208 g/mol. The molecule has 7 heteroatoms. The molecule has 0 saturated carbocycles. The molecular formula is C8H16O7. The van der Waals surface area contributed by atoms with Gasteiger partial charge in [-0.15, -0.1) is 0 Å². The lowest BCUT2D eigenvalue weighted by atomic mass is 10.0. The molecule has 1 heterocycles. The van der Waals surface area contributed by atoms with Crippen molar-refractivity contribution in [3.8, 4) is 0 Å². The summed E-state index contributed by atoms with van der Waals surface area (Å²) in [6.07, 6.45) is -8.49. The molecule has 1 saturated heterocycles. The number of rotatable bonds is 2. The quantitative estimate of drug-likeness (QED) is 0.335. The molecule has 6 atom stereocenters. The van der Waals surface area contributed by atoms with Crippen LogP contribution >= 0.6 is 0 Å². The fourth-order valence-corrected chi connectivity index (χ4v) is 1.46. The van der Waals surface area contributed by atoms with E-state index in [1.54, 1.807) is 0 Å². The second kappa shape index (κ2) is 5.17. The van der Waals surface area contributed by atoms with Crippen molar-refractivity contribution < 1.29 is 35.0 Å². The predicted molar refractivity (Wildman–Crippen MR) is 46.8 cm³/mol. The number of ether oxygens (including phenoxy) is 2. The maximum atomic E-state index is 9.47.